The molecule has 1 amide bonds. The van der Waals surface area contributed by atoms with Gasteiger partial charge in [-0.25, -0.2) is 4.79 Å². The molecular weight excluding hydrogens is 268 g/mol. The largest absolute Gasteiger partial charge is 0.508 e. The number of hydrogen-bond acceptors (Lipinski definition) is 4. The van der Waals surface area contributed by atoms with Gasteiger partial charge in [0.2, 0.25) is 0 Å². The molecule has 0 bridgehead atoms. The summed E-state index contributed by atoms with van der Waals surface area (Å²) in [6, 6.07) is 5.01. The van der Waals surface area contributed by atoms with Crippen LogP contribution in [-0.4, -0.2) is 29.9 Å². The number of rotatable bonds is 3. The van der Waals surface area contributed by atoms with E-state index in [2.05, 4.69) is 10.6 Å². The zero-order chi connectivity index (χ0) is 15.5. The summed E-state index contributed by atoms with van der Waals surface area (Å²) in [6.07, 6.45) is 1.47. The van der Waals surface area contributed by atoms with E-state index in [9.17, 15) is 9.90 Å². The minimum atomic E-state index is -0.531. The first-order chi connectivity index (χ1) is 9.83. The van der Waals surface area contributed by atoms with Gasteiger partial charge < -0.3 is 15.2 Å². The van der Waals surface area contributed by atoms with Crippen LogP contribution in [0.1, 0.15) is 32.8 Å². The first-order valence-electron chi connectivity index (χ1n) is 7.36. The number of hydrogen-bond donors (Lipinski definition) is 3. The zero-order valence-electron chi connectivity index (χ0n) is 12.9. The third kappa shape index (κ3) is 4.93. The first kappa shape index (κ1) is 15.6. The summed E-state index contributed by atoms with van der Waals surface area (Å²) >= 11 is 0. The summed E-state index contributed by atoms with van der Waals surface area (Å²) in [7, 11) is 0. The normalized spacial score (nSPS) is 18.5. The Hall–Kier alpha value is -1.75. The molecule has 2 rings (SSSR count). The van der Waals surface area contributed by atoms with Gasteiger partial charge in [-0.3, -0.25) is 5.32 Å². The Balaban J connectivity index is 2.08. The van der Waals surface area contributed by atoms with E-state index in [1.165, 1.54) is 0 Å². The highest BCUT2D eigenvalue weighted by Gasteiger charge is 2.20. The van der Waals surface area contributed by atoms with Gasteiger partial charge >= 0.3 is 6.09 Å². The summed E-state index contributed by atoms with van der Waals surface area (Å²) < 4.78 is 5.27. The number of phenols is 1. The number of benzene rings is 1. The fourth-order valence-corrected chi connectivity index (χ4v) is 2.48. The number of aromatic hydroxyl groups is 1. The molecule has 1 unspecified atom stereocenters. The predicted molar refractivity (Wildman–Crippen MR) is 82.6 cm³/mol. The van der Waals surface area contributed by atoms with Crippen LogP contribution < -0.4 is 10.6 Å². The van der Waals surface area contributed by atoms with Gasteiger partial charge in [-0.1, -0.05) is 0 Å². The fourth-order valence-electron chi connectivity index (χ4n) is 2.48. The Labute approximate surface area is 125 Å². The second kappa shape index (κ2) is 6.35. The predicted octanol–water partition coefficient (Wildman–Crippen LogP) is 2.89. The lowest BCUT2D eigenvalue weighted by molar-refractivity contribution is 0.0635. The number of carbonyl (C=O) groups excluding carboxylic acids is 1. The van der Waals surface area contributed by atoms with Crippen molar-refractivity contribution in [3.05, 3.63) is 23.8 Å². The lowest BCUT2D eigenvalue weighted by Gasteiger charge is -2.21. The van der Waals surface area contributed by atoms with Gasteiger partial charge in [0.05, 0.1) is 0 Å². The number of amides is 1. The van der Waals surface area contributed by atoms with Crippen LogP contribution in [0.5, 0.6) is 5.75 Å². The Morgan fingerprint density at radius 2 is 2.24 bits per heavy atom. The minimum absolute atomic E-state index is 0.214. The highest BCUT2D eigenvalue weighted by atomic mass is 16.6. The maximum Gasteiger partial charge on any atom is 0.412 e. The number of ether oxygens (including phenoxy) is 1. The lowest BCUT2D eigenvalue weighted by atomic mass is 9.97. The molecule has 5 heteroatoms. The molecule has 3 N–H and O–H groups in total. The van der Waals surface area contributed by atoms with Crippen LogP contribution in [0, 0.1) is 5.92 Å². The van der Waals surface area contributed by atoms with Crippen LogP contribution in [0.25, 0.3) is 0 Å². The molecule has 1 saturated heterocycles. The summed E-state index contributed by atoms with van der Waals surface area (Å²) in [4.78, 5) is 11.9. The molecule has 21 heavy (non-hydrogen) atoms. The third-order valence-electron chi connectivity index (χ3n) is 3.40. The molecule has 116 valence electrons. The van der Waals surface area contributed by atoms with Crippen molar-refractivity contribution in [3.63, 3.8) is 0 Å². The van der Waals surface area contributed by atoms with E-state index in [1.807, 2.05) is 20.8 Å². The van der Waals surface area contributed by atoms with E-state index in [-0.39, 0.29) is 5.75 Å². The van der Waals surface area contributed by atoms with Crippen LogP contribution >= 0.6 is 0 Å². The van der Waals surface area contributed by atoms with Gasteiger partial charge in [0.1, 0.15) is 11.4 Å². The summed E-state index contributed by atoms with van der Waals surface area (Å²) in [6.45, 7) is 7.48. The topological polar surface area (TPSA) is 70.6 Å². The summed E-state index contributed by atoms with van der Waals surface area (Å²) in [5.74, 6) is 0.747. The molecule has 1 aromatic carbocycles. The quantitative estimate of drug-likeness (QED) is 0.749. The average molecular weight is 292 g/mol. The van der Waals surface area contributed by atoms with Gasteiger partial charge in [-0.05, 0) is 76.4 Å². The van der Waals surface area contributed by atoms with E-state index in [4.69, 9.17) is 4.74 Å². The van der Waals surface area contributed by atoms with Crippen molar-refractivity contribution < 1.29 is 14.6 Å². The maximum atomic E-state index is 11.9. The molecule has 1 aliphatic rings. The number of carbonyl (C=O) groups is 1. The SMILES string of the molecule is CC(C)(C)OC(=O)Nc1ccc(O)cc1CC1CCNC1. The average Bonchev–Trinajstić information content (AvgIpc) is 2.83. The van der Waals surface area contributed by atoms with Crippen molar-refractivity contribution >= 4 is 11.8 Å². The monoisotopic (exact) mass is 292 g/mol. The summed E-state index contributed by atoms with van der Waals surface area (Å²) in [5.41, 5.74) is 1.11. The molecule has 0 radical (unpaired) electrons. The van der Waals surface area contributed by atoms with Crippen molar-refractivity contribution in [2.75, 3.05) is 18.4 Å². The molecular formula is C16H24N2O3. The Bertz CT molecular complexity index is 503. The molecule has 1 aliphatic heterocycles. The standard InChI is InChI=1S/C16H24N2O3/c1-16(2,3)21-15(20)18-14-5-4-13(19)9-12(14)8-11-6-7-17-10-11/h4-5,9,11,17,19H,6-8,10H2,1-3H3,(H,18,20). The van der Waals surface area contributed by atoms with Crippen molar-refractivity contribution in [2.45, 2.75) is 39.2 Å². The Morgan fingerprint density at radius 3 is 2.86 bits per heavy atom. The van der Waals surface area contributed by atoms with E-state index >= 15 is 0 Å². The van der Waals surface area contributed by atoms with Gasteiger partial charge in [0, 0.05) is 5.69 Å². The first-order valence-corrected chi connectivity index (χ1v) is 7.36. The van der Waals surface area contributed by atoms with Crippen LogP contribution in [0.4, 0.5) is 10.5 Å². The lowest BCUT2D eigenvalue weighted by Crippen LogP contribution is -2.27. The molecule has 0 aromatic heterocycles. The van der Waals surface area contributed by atoms with E-state index < -0.39 is 11.7 Å². The maximum absolute atomic E-state index is 11.9. The number of anilines is 1. The molecule has 1 aromatic rings. The Morgan fingerprint density at radius 1 is 1.48 bits per heavy atom. The molecule has 1 fully saturated rings. The van der Waals surface area contributed by atoms with Crippen LogP contribution in [0.15, 0.2) is 18.2 Å². The smallest absolute Gasteiger partial charge is 0.412 e. The van der Waals surface area contributed by atoms with E-state index in [1.54, 1.807) is 18.2 Å². The molecule has 0 aliphatic carbocycles. The van der Waals surface area contributed by atoms with E-state index in [0.29, 0.717) is 11.6 Å². The van der Waals surface area contributed by atoms with Gasteiger partial charge in [0.25, 0.3) is 0 Å². The molecule has 5 nitrogen and oxygen atoms in total. The van der Waals surface area contributed by atoms with Crippen molar-refractivity contribution in [1.82, 2.24) is 5.32 Å². The van der Waals surface area contributed by atoms with Crippen LogP contribution in [0.3, 0.4) is 0 Å². The van der Waals surface area contributed by atoms with Gasteiger partial charge in [-0.15, -0.1) is 0 Å². The van der Waals surface area contributed by atoms with Crippen molar-refractivity contribution in [1.29, 1.82) is 0 Å². The van der Waals surface area contributed by atoms with Crippen molar-refractivity contribution in [2.24, 2.45) is 5.92 Å². The molecule has 0 saturated carbocycles. The fraction of sp³-hybridized carbons (Fsp3) is 0.562. The second-order valence-electron chi connectivity index (χ2n) is 6.53. The number of phenolic OH excluding ortho intramolecular Hbond substituents is 1. The zero-order valence-corrected chi connectivity index (χ0v) is 12.9. The Kier molecular flexibility index (Phi) is 4.73. The second-order valence-corrected chi connectivity index (χ2v) is 6.53. The van der Waals surface area contributed by atoms with Gasteiger partial charge in [-0.2, -0.15) is 0 Å². The summed E-state index contributed by atoms with van der Waals surface area (Å²) in [5, 5.41) is 15.8. The minimum Gasteiger partial charge on any atom is -0.508 e. The van der Waals surface area contributed by atoms with Gasteiger partial charge in [0.15, 0.2) is 0 Å². The van der Waals surface area contributed by atoms with Crippen LogP contribution in [0.2, 0.25) is 0 Å². The van der Waals surface area contributed by atoms with Crippen LogP contribution in [-0.2, 0) is 11.2 Å². The van der Waals surface area contributed by atoms with Crippen molar-refractivity contribution in [3.8, 4) is 5.75 Å². The molecule has 0 spiro atoms. The highest BCUT2D eigenvalue weighted by molar-refractivity contribution is 5.86. The van der Waals surface area contributed by atoms with E-state index in [0.717, 1.165) is 31.5 Å². The molecule has 1 heterocycles. The highest BCUT2D eigenvalue weighted by Crippen LogP contribution is 2.26. The number of nitrogens with one attached hydrogen (secondary N) is 2. The third-order valence-corrected chi connectivity index (χ3v) is 3.40. The molecule has 1 atom stereocenters.